The maximum atomic E-state index is 13.1. The van der Waals surface area contributed by atoms with Gasteiger partial charge in [0.2, 0.25) is 5.91 Å². The molecular formula is C21H26N4O3. The van der Waals surface area contributed by atoms with Crippen LogP contribution in [-0.4, -0.2) is 46.1 Å². The zero-order chi connectivity index (χ0) is 19.7. The molecule has 28 heavy (non-hydrogen) atoms. The van der Waals surface area contributed by atoms with Gasteiger partial charge in [0.05, 0.1) is 6.07 Å². The second-order valence-electron chi connectivity index (χ2n) is 8.30. The molecule has 0 bridgehead atoms. The Morgan fingerprint density at radius 1 is 1.29 bits per heavy atom. The van der Waals surface area contributed by atoms with Crippen molar-refractivity contribution < 1.29 is 14.4 Å². The van der Waals surface area contributed by atoms with Gasteiger partial charge in [-0.05, 0) is 49.7 Å². The van der Waals surface area contributed by atoms with E-state index in [4.69, 9.17) is 0 Å². The van der Waals surface area contributed by atoms with Crippen molar-refractivity contribution in [1.29, 1.82) is 5.26 Å². The number of nitriles is 1. The Labute approximate surface area is 164 Å². The van der Waals surface area contributed by atoms with E-state index in [0.717, 1.165) is 37.7 Å². The van der Waals surface area contributed by atoms with E-state index in [0.29, 0.717) is 37.4 Å². The minimum Gasteiger partial charge on any atom is -0.357 e. The number of hydrogen-bond acceptors (Lipinski definition) is 4. The third kappa shape index (κ3) is 3.82. The average Bonchev–Trinajstić information content (AvgIpc) is 3.21. The number of aromatic nitrogens is 1. The van der Waals surface area contributed by atoms with E-state index >= 15 is 0 Å². The number of ketones is 1. The Kier molecular flexibility index (Phi) is 5.21. The molecule has 7 nitrogen and oxygen atoms in total. The van der Waals surface area contributed by atoms with Crippen molar-refractivity contribution in [2.24, 2.45) is 11.8 Å². The maximum absolute atomic E-state index is 13.1. The number of rotatable bonds is 7. The lowest BCUT2D eigenvalue weighted by Gasteiger charge is -2.34. The summed E-state index contributed by atoms with van der Waals surface area (Å²) < 4.78 is 0. The maximum Gasteiger partial charge on any atom is 0.271 e. The van der Waals surface area contributed by atoms with Gasteiger partial charge < -0.3 is 15.2 Å². The third-order valence-corrected chi connectivity index (χ3v) is 6.29. The summed E-state index contributed by atoms with van der Waals surface area (Å²) in [5.41, 5.74) is 1.55. The molecule has 3 atom stereocenters. The largest absolute Gasteiger partial charge is 0.357 e. The summed E-state index contributed by atoms with van der Waals surface area (Å²) in [6.45, 7) is 0.507. The number of aromatic amines is 1. The van der Waals surface area contributed by atoms with Gasteiger partial charge in [-0.15, -0.1) is 0 Å². The topological polar surface area (TPSA) is 106 Å². The van der Waals surface area contributed by atoms with Crippen LogP contribution in [0.25, 0.3) is 0 Å². The smallest absolute Gasteiger partial charge is 0.271 e. The summed E-state index contributed by atoms with van der Waals surface area (Å²) in [6, 6.07) is 2.79. The van der Waals surface area contributed by atoms with E-state index in [1.165, 1.54) is 0 Å². The van der Waals surface area contributed by atoms with E-state index in [-0.39, 0.29) is 23.5 Å². The fourth-order valence-corrected chi connectivity index (χ4v) is 4.47. The molecule has 0 radical (unpaired) electrons. The number of hydrogen-bond donors (Lipinski definition) is 2. The molecule has 2 amide bonds. The van der Waals surface area contributed by atoms with Crippen molar-refractivity contribution >= 4 is 17.6 Å². The molecule has 2 aliphatic carbocycles. The van der Waals surface area contributed by atoms with Gasteiger partial charge in [0.25, 0.3) is 5.91 Å². The Bertz CT molecular complexity index is 820. The number of carbonyl (C=O) groups is 3. The minimum absolute atomic E-state index is 0.134. The van der Waals surface area contributed by atoms with Crippen LogP contribution < -0.4 is 5.32 Å². The molecule has 0 saturated heterocycles. The van der Waals surface area contributed by atoms with Crippen LogP contribution in [0.15, 0.2) is 12.3 Å². The monoisotopic (exact) mass is 382 g/mol. The van der Waals surface area contributed by atoms with E-state index in [2.05, 4.69) is 16.4 Å². The van der Waals surface area contributed by atoms with Gasteiger partial charge in [-0.2, -0.15) is 5.26 Å². The molecule has 148 valence electrons. The second-order valence-corrected chi connectivity index (χ2v) is 8.30. The van der Waals surface area contributed by atoms with Gasteiger partial charge in [0.15, 0.2) is 0 Å². The first-order valence-corrected chi connectivity index (χ1v) is 10.3. The van der Waals surface area contributed by atoms with Crippen LogP contribution in [-0.2, 0) is 16.0 Å². The van der Waals surface area contributed by atoms with E-state index in [9.17, 15) is 19.6 Å². The number of Topliss-reactive ketones (excluding diaryl/α,β-unsaturated/α-hetero) is 1. The number of nitrogens with zero attached hydrogens (tertiary/aromatic N) is 2. The molecule has 2 N–H and O–H groups in total. The van der Waals surface area contributed by atoms with Gasteiger partial charge in [0, 0.05) is 25.1 Å². The zero-order valence-electron chi connectivity index (χ0n) is 15.9. The Morgan fingerprint density at radius 3 is 2.79 bits per heavy atom. The summed E-state index contributed by atoms with van der Waals surface area (Å²) in [5, 5.41) is 12.3. The number of amides is 2. The number of carbonyl (C=O) groups excluding carboxylic acids is 3. The van der Waals surface area contributed by atoms with Gasteiger partial charge in [-0.1, -0.05) is 12.8 Å². The first kappa shape index (κ1) is 18.7. The average molecular weight is 382 g/mol. The van der Waals surface area contributed by atoms with Crippen molar-refractivity contribution in [1.82, 2.24) is 15.2 Å². The molecule has 1 aliphatic heterocycles. The van der Waals surface area contributed by atoms with E-state index < -0.39 is 12.1 Å². The van der Waals surface area contributed by atoms with Gasteiger partial charge in [0.1, 0.15) is 23.6 Å². The summed E-state index contributed by atoms with van der Waals surface area (Å²) in [5.74, 6) is 0.101. The number of fused-ring (bicyclic) bond motifs is 1. The van der Waals surface area contributed by atoms with Crippen LogP contribution in [0.1, 0.15) is 61.0 Å². The molecular weight excluding hydrogens is 356 g/mol. The molecule has 0 spiro atoms. The predicted molar refractivity (Wildman–Crippen MR) is 101 cm³/mol. The highest BCUT2D eigenvalue weighted by Gasteiger charge is 2.39. The molecule has 0 aromatic carbocycles. The fraction of sp³-hybridized carbons (Fsp3) is 0.619. The highest BCUT2D eigenvalue weighted by atomic mass is 16.2. The lowest BCUT2D eigenvalue weighted by Crippen LogP contribution is -2.54. The number of H-pyrrole nitrogens is 1. The Balaban J connectivity index is 1.46. The van der Waals surface area contributed by atoms with Crippen LogP contribution in [0.5, 0.6) is 0 Å². The van der Waals surface area contributed by atoms with Crippen molar-refractivity contribution in [2.45, 2.75) is 63.5 Å². The SMILES string of the molecule is N#C[C@H](C[C@@H]1CCCC1=O)NC(=O)[C@@H](CC1CC1)N1CCc2cc[nH]c2C1=O. The van der Waals surface area contributed by atoms with Crippen molar-refractivity contribution in [3.63, 3.8) is 0 Å². The van der Waals surface area contributed by atoms with Crippen LogP contribution in [0.4, 0.5) is 0 Å². The quantitative estimate of drug-likeness (QED) is 0.752. The Morgan fingerprint density at radius 2 is 2.11 bits per heavy atom. The van der Waals surface area contributed by atoms with Crippen molar-refractivity contribution in [2.75, 3.05) is 6.54 Å². The molecule has 2 heterocycles. The molecule has 4 rings (SSSR count). The third-order valence-electron chi connectivity index (χ3n) is 6.29. The molecule has 2 saturated carbocycles. The van der Waals surface area contributed by atoms with Gasteiger partial charge in [-0.3, -0.25) is 14.4 Å². The highest BCUT2D eigenvalue weighted by Crippen LogP contribution is 2.36. The van der Waals surface area contributed by atoms with Crippen molar-refractivity contribution in [3.8, 4) is 6.07 Å². The standard InChI is InChI=1S/C21H26N4O3/c22-12-16(11-15-2-1-3-18(15)26)24-20(27)17(10-13-4-5-13)25-9-7-14-6-8-23-19(14)21(25)28/h6,8,13,15-17,23H,1-5,7,9-11H2,(H,24,27)/t15-,16-,17+/m0/s1. The molecule has 3 aliphatic rings. The molecule has 1 aromatic rings. The molecule has 0 unspecified atom stereocenters. The summed E-state index contributed by atoms with van der Waals surface area (Å²) in [4.78, 5) is 42.5. The van der Waals surface area contributed by atoms with Crippen molar-refractivity contribution in [3.05, 3.63) is 23.5 Å². The van der Waals surface area contributed by atoms with Gasteiger partial charge >= 0.3 is 0 Å². The molecule has 1 aromatic heterocycles. The first-order valence-electron chi connectivity index (χ1n) is 10.3. The van der Waals surface area contributed by atoms with E-state index in [1.54, 1.807) is 11.1 Å². The van der Waals surface area contributed by atoms with Crippen LogP contribution in [0.3, 0.4) is 0 Å². The van der Waals surface area contributed by atoms with Crippen LogP contribution >= 0.6 is 0 Å². The van der Waals surface area contributed by atoms with Crippen LogP contribution in [0.2, 0.25) is 0 Å². The number of nitrogens with one attached hydrogen (secondary N) is 2. The zero-order valence-corrected chi connectivity index (χ0v) is 15.9. The van der Waals surface area contributed by atoms with Gasteiger partial charge in [-0.25, -0.2) is 0 Å². The normalized spacial score (nSPS) is 23.8. The first-order chi connectivity index (χ1) is 13.6. The predicted octanol–water partition coefficient (Wildman–Crippen LogP) is 1.95. The van der Waals surface area contributed by atoms with Crippen LogP contribution in [0, 0.1) is 23.2 Å². The lowest BCUT2D eigenvalue weighted by atomic mass is 9.97. The molecule has 7 heteroatoms. The lowest BCUT2D eigenvalue weighted by molar-refractivity contribution is -0.127. The fourth-order valence-electron chi connectivity index (χ4n) is 4.47. The summed E-state index contributed by atoms with van der Waals surface area (Å²) in [7, 11) is 0. The second kappa shape index (κ2) is 7.78. The Hall–Kier alpha value is -2.62. The summed E-state index contributed by atoms with van der Waals surface area (Å²) >= 11 is 0. The summed E-state index contributed by atoms with van der Waals surface area (Å²) in [6.07, 6.45) is 7.86. The highest BCUT2D eigenvalue weighted by molar-refractivity contribution is 5.98. The van der Waals surface area contributed by atoms with E-state index in [1.807, 2.05) is 6.07 Å². The molecule has 2 fully saturated rings. The minimum atomic E-state index is -0.692.